The first kappa shape index (κ1) is 24.4. The zero-order valence-electron chi connectivity index (χ0n) is 19.5. The Kier molecular flexibility index (Phi) is 7.09. The van der Waals surface area contributed by atoms with Crippen LogP contribution in [0.25, 0.3) is 0 Å². The highest BCUT2D eigenvalue weighted by atomic mass is 32.2. The quantitative estimate of drug-likeness (QED) is 0.560. The summed E-state index contributed by atoms with van der Waals surface area (Å²) in [5.74, 6) is 0.206. The van der Waals surface area contributed by atoms with E-state index in [1.807, 2.05) is 6.07 Å². The third-order valence-electron chi connectivity index (χ3n) is 6.50. The van der Waals surface area contributed by atoms with Crippen molar-refractivity contribution in [1.82, 2.24) is 15.0 Å². The van der Waals surface area contributed by atoms with Gasteiger partial charge >= 0.3 is 0 Å². The number of carbonyl (C=O) groups is 1. The van der Waals surface area contributed by atoms with Crippen LogP contribution in [0, 0.1) is 11.7 Å². The molecule has 1 aliphatic heterocycles. The fourth-order valence-electron chi connectivity index (χ4n) is 4.53. The van der Waals surface area contributed by atoms with E-state index in [0.717, 1.165) is 43.5 Å². The predicted octanol–water partition coefficient (Wildman–Crippen LogP) is 2.50. The number of hydrogen-bond donors (Lipinski definition) is 2. The number of anilines is 1. The maximum Gasteiger partial charge on any atom is 0.270 e. The molecule has 34 heavy (non-hydrogen) atoms. The van der Waals surface area contributed by atoms with Gasteiger partial charge in [-0.3, -0.25) is 9.78 Å². The lowest BCUT2D eigenvalue weighted by Crippen LogP contribution is -2.41. The molecule has 0 radical (unpaired) electrons. The minimum Gasteiger partial charge on any atom is -0.496 e. The second-order valence-electron chi connectivity index (χ2n) is 9.34. The zero-order chi connectivity index (χ0) is 24.3. The smallest absolute Gasteiger partial charge is 0.270 e. The van der Waals surface area contributed by atoms with Crippen molar-refractivity contribution in [3.63, 3.8) is 0 Å². The number of carbonyl (C=O) groups excluding carboxylic acids is 1. The summed E-state index contributed by atoms with van der Waals surface area (Å²) < 4.78 is 44.6. The molecule has 0 unspecified atom stereocenters. The van der Waals surface area contributed by atoms with Gasteiger partial charge in [0.15, 0.2) is 0 Å². The number of halogens is 1. The Hall–Kier alpha value is -2.72. The van der Waals surface area contributed by atoms with Crippen LogP contribution in [0.2, 0.25) is 0 Å². The van der Waals surface area contributed by atoms with E-state index in [9.17, 15) is 17.6 Å². The van der Waals surface area contributed by atoms with Crippen LogP contribution in [0.4, 0.5) is 10.1 Å². The molecule has 10 heteroatoms. The van der Waals surface area contributed by atoms with Gasteiger partial charge in [0.25, 0.3) is 5.91 Å². The van der Waals surface area contributed by atoms with Gasteiger partial charge in [0.05, 0.1) is 13.4 Å². The minimum atomic E-state index is -3.22. The van der Waals surface area contributed by atoms with E-state index < -0.39 is 15.6 Å². The molecule has 0 bridgehead atoms. The van der Waals surface area contributed by atoms with Gasteiger partial charge in [-0.2, -0.15) is 0 Å². The minimum absolute atomic E-state index is 0.199. The average molecular weight is 491 g/mol. The number of nitrogens with zero attached hydrogens (tertiary/aromatic N) is 2. The number of amides is 1. The van der Waals surface area contributed by atoms with E-state index >= 15 is 0 Å². The summed E-state index contributed by atoms with van der Waals surface area (Å²) in [6.07, 6.45) is 6.77. The molecule has 1 saturated heterocycles. The molecule has 0 spiro atoms. The molecule has 2 heterocycles. The predicted molar refractivity (Wildman–Crippen MR) is 128 cm³/mol. The van der Waals surface area contributed by atoms with E-state index in [-0.39, 0.29) is 17.6 Å². The number of pyridine rings is 1. The van der Waals surface area contributed by atoms with Crippen molar-refractivity contribution < 1.29 is 22.3 Å². The summed E-state index contributed by atoms with van der Waals surface area (Å²) in [6.45, 7) is 1.94. The molecule has 1 aromatic carbocycles. The standard InChI is InChI=1S/C24H31FN4O4S/c1-33-22-6-5-19(25)12-18(22)14-24(8-9-24)28-23(30)21-13-20(7-10-26-21)29-11-3-4-17(16-29)15-27-34(2,31)32/h5-7,10,12-13,17,27H,3-4,8-9,11,14-16H2,1-2H3,(H,28,30)/t17-/m1/s1. The van der Waals surface area contributed by atoms with Gasteiger partial charge in [-0.25, -0.2) is 17.5 Å². The van der Waals surface area contributed by atoms with Crippen LogP contribution in [0.3, 0.4) is 0 Å². The van der Waals surface area contributed by atoms with Gasteiger partial charge in [0, 0.05) is 37.1 Å². The summed E-state index contributed by atoms with van der Waals surface area (Å²) >= 11 is 0. The van der Waals surface area contributed by atoms with Crippen molar-refractivity contribution in [2.45, 2.75) is 37.6 Å². The number of sulfonamides is 1. The molecule has 1 aliphatic carbocycles. The van der Waals surface area contributed by atoms with Gasteiger partial charge in [-0.05, 0) is 73.9 Å². The molecule has 184 valence electrons. The SMILES string of the molecule is COc1ccc(F)cc1CC1(NC(=O)c2cc(N3CCC[C@H](CNS(C)(=O)=O)C3)ccn2)CC1. The largest absolute Gasteiger partial charge is 0.496 e. The van der Waals surface area contributed by atoms with E-state index in [1.165, 1.54) is 18.4 Å². The van der Waals surface area contributed by atoms with Crippen molar-refractivity contribution in [1.29, 1.82) is 0 Å². The third-order valence-corrected chi connectivity index (χ3v) is 7.19. The Balaban J connectivity index is 1.42. The van der Waals surface area contributed by atoms with Crippen molar-refractivity contribution >= 4 is 21.6 Å². The fourth-order valence-corrected chi connectivity index (χ4v) is 5.07. The molecule has 8 nitrogen and oxygen atoms in total. The molecule has 1 amide bonds. The summed E-state index contributed by atoms with van der Waals surface area (Å²) in [7, 11) is -1.68. The third kappa shape index (κ3) is 6.24. The first-order valence-electron chi connectivity index (χ1n) is 11.5. The number of aromatic nitrogens is 1. The summed E-state index contributed by atoms with van der Waals surface area (Å²) in [4.78, 5) is 19.5. The van der Waals surface area contributed by atoms with Crippen molar-refractivity contribution in [2.24, 2.45) is 5.92 Å². The summed E-state index contributed by atoms with van der Waals surface area (Å²) in [5, 5.41) is 3.10. The first-order chi connectivity index (χ1) is 16.2. The molecule has 1 saturated carbocycles. The fraction of sp³-hybridized carbons (Fsp3) is 0.500. The van der Waals surface area contributed by atoms with Crippen LogP contribution < -0.4 is 19.7 Å². The number of ether oxygens (including phenoxy) is 1. The molecule has 2 N–H and O–H groups in total. The van der Waals surface area contributed by atoms with Crippen molar-refractivity contribution in [2.75, 3.05) is 37.9 Å². The number of hydrogen-bond acceptors (Lipinski definition) is 6. The molecule has 2 aromatic rings. The van der Waals surface area contributed by atoms with Crippen LogP contribution in [0.5, 0.6) is 5.75 Å². The van der Waals surface area contributed by atoms with Crippen LogP contribution in [0.15, 0.2) is 36.5 Å². The lowest BCUT2D eigenvalue weighted by molar-refractivity contribution is 0.0926. The Morgan fingerprint density at radius 3 is 2.79 bits per heavy atom. The van der Waals surface area contributed by atoms with Crippen LogP contribution in [-0.4, -0.2) is 57.8 Å². The first-order valence-corrected chi connectivity index (χ1v) is 13.4. The second-order valence-corrected chi connectivity index (χ2v) is 11.2. The lowest BCUT2D eigenvalue weighted by atomic mass is 9.98. The van der Waals surface area contributed by atoms with Gasteiger partial charge in [0.2, 0.25) is 10.0 Å². The van der Waals surface area contributed by atoms with Crippen LogP contribution in [-0.2, 0) is 16.4 Å². The van der Waals surface area contributed by atoms with Gasteiger partial charge < -0.3 is 15.0 Å². The van der Waals surface area contributed by atoms with E-state index in [4.69, 9.17) is 4.74 Å². The zero-order valence-corrected chi connectivity index (χ0v) is 20.3. The number of rotatable bonds is 9. The summed E-state index contributed by atoms with van der Waals surface area (Å²) in [5.41, 5.74) is 1.51. The molecule has 1 atom stereocenters. The van der Waals surface area contributed by atoms with E-state index in [1.54, 1.807) is 25.4 Å². The Bertz CT molecular complexity index is 1150. The molecule has 2 fully saturated rings. The highest BCUT2D eigenvalue weighted by molar-refractivity contribution is 7.88. The van der Waals surface area contributed by atoms with Crippen molar-refractivity contribution in [3.05, 3.63) is 53.6 Å². The Labute approximate surface area is 200 Å². The van der Waals surface area contributed by atoms with Gasteiger partial charge in [-0.15, -0.1) is 0 Å². The number of methoxy groups -OCH3 is 1. The van der Waals surface area contributed by atoms with Gasteiger partial charge in [0.1, 0.15) is 17.3 Å². The van der Waals surface area contributed by atoms with E-state index in [2.05, 4.69) is 19.9 Å². The maximum absolute atomic E-state index is 13.8. The second kappa shape index (κ2) is 9.87. The Morgan fingerprint density at radius 1 is 1.29 bits per heavy atom. The highest BCUT2D eigenvalue weighted by Gasteiger charge is 2.45. The molecule has 2 aliphatic rings. The maximum atomic E-state index is 13.8. The molecular formula is C24H31FN4O4S. The normalized spacial score (nSPS) is 19.5. The highest BCUT2D eigenvalue weighted by Crippen LogP contribution is 2.41. The molecular weight excluding hydrogens is 459 g/mol. The number of benzene rings is 1. The number of nitrogens with one attached hydrogen (secondary N) is 2. The van der Waals surface area contributed by atoms with Crippen molar-refractivity contribution in [3.8, 4) is 5.75 Å². The topological polar surface area (TPSA) is 101 Å². The molecule has 4 rings (SSSR count). The summed E-state index contributed by atoms with van der Waals surface area (Å²) in [6, 6.07) is 8.06. The average Bonchev–Trinajstić information content (AvgIpc) is 3.56. The van der Waals surface area contributed by atoms with Crippen LogP contribution >= 0.6 is 0 Å². The Morgan fingerprint density at radius 2 is 2.09 bits per heavy atom. The number of piperidine rings is 1. The molecule has 1 aromatic heterocycles. The van der Waals surface area contributed by atoms with E-state index in [0.29, 0.717) is 31.0 Å². The lowest BCUT2D eigenvalue weighted by Gasteiger charge is -2.34. The van der Waals surface area contributed by atoms with Crippen LogP contribution in [0.1, 0.15) is 41.7 Å². The van der Waals surface area contributed by atoms with Gasteiger partial charge in [-0.1, -0.05) is 0 Å². The monoisotopic (exact) mass is 490 g/mol.